The average molecular weight is 231 g/mol. The molecule has 6 heteroatoms. The topological polar surface area (TPSA) is 63.9 Å². The summed E-state index contributed by atoms with van der Waals surface area (Å²) in [5.41, 5.74) is 1.10. The smallest absolute Gasteiger partial charge is 0.244 e. The van der Waals surface area contributed by atoms with E-state index in [1.807, 2.05) is 30.3 Å². The molecule has 0 fully saturated rings. The molecule has 2 rings (SSSR count). The minimum Gasteiger partial charge on any atom is -0.340 e. The molecule has 0 saturated heterocycles. The molecule has 0 radical (unpaired) electrons. The summed E-state index contributed by atoms with van der Waals surface area (Å²) in [7, 11) is 1.76. The summed E-state index contributed by atoms with van der Waals surface area (Å²) in [6, 6.07) is 9.83. The molecule has 0 atom stereocenters. The fourth-order valence-electron chi connectivity index (χ4n) is 1.46. The number of aromatic nitrogens is 4. The van der Waals surface area contributed by atoms with E-state index in [4.69, 9.17) is 0 Å². The van der Waals surface area contributed by atoms with Crippen LogP contribution in [0.2, 0.25) is 0 Å². The van der Waals surface area contributed by atoms with Crippen LogP contribution in [0.5, 0.6) is 0 Å². The molecular formula is C11H13N5O. The molecule has 1 aromatic carbocycles. The van der Waals surface area contributed by atoms with Gasteiger partial charge < -0.3 is 4.90 Å². The van der Waals surface area contributed by atoms with E-state index < -0.39 is 0 Å². The predicted octanol–water partition coefficient (Wildman–Crippen LogP) is 0.332. The zero-order valence-corrected chi connectivity index (χ0v) is 9.52. The highest BCUT2D eigenvalue weighted by Crippen LogP contribution is 2.03. The maximum absolute atomic E-state index is 11.8. The van der Waals surface area contributed by atoms with Gasteiger partial charge in [-0.1, -0.05) is 30.3 Å². The lowest BCUT2D eigenvalue weighted by Crippen LogP contribution is -2.29. The molecule has 2 aromatic rings. The van der Waals surface area contributed by atoms with E-state index in [0.29, 0.717) is 6.54 Å². The quantitative estimate of drug-likeness (QED) is 0.760. The van der Waals surface area contributed by atoms with Gasteiger partial charge in [0.1, 0.15) is 12.9 Å². The van der Waals surface area contributed by atoms with E-state index in [0.717, 1.165) is 5.56 Å². The number of nitrogens with zero attached hydrogens (tertiary/aromatic N) is 5. The second-order valence-electron chi connectivity index (χ2n) is 3.74. The Kier molecular flexibility index (Phi) is 3.44. The number of amides is 1. The largest absolute Gasteiger partial charge is 0.340 e. The Balaban J connectivity index is 1.92. The summed E-state index contributed by atoms with van der Waals surface area (Å²) in [6.07, 6.45) is 1.42. The molecule has 6 nitrogen and oxygen atoms in total. The van der Waals surface area contributed by atoms with Crippen molar-refractivity contribution in [1.82, 2.24) is 25.1 Å². The van der Waals surface area contributed by atoms with Gasteiger partial charge in [0.05, 0.1) is 0 Å². The van der Waals surface area contributed by atoms with Crippen LogP contribution in [0, 0.1) is 0 Å². The summed E-state index contributed by atoms with van der Waals surface area (Å²) in [5.74, 6) is -0.0267. The lowest BCUT2D eigenvalue weighted by atomic mass is 10.2. The number of tetrazole rings is 1. The number of carbonyl (C=O) groups excluding carboxylic acids is 1. The van der Waals surface area contributed by atoms with E-state index in [1.54, 1.807) is 11.9 Å². The summed E-state index contributed by atoms with van der Waals surface area (Å²) in [6.45, 7) is 0.748. The highest BCUT2D eigenvalue weighted by atomic mass is 16.2. The van der Waals surface area contributed by atoms with Crippen LogP contribution < -0.4 is 0 Å². The first-order valence-corrected chi connectivity index (χ1v) is 5.24. The molecule has 88 valence electrons. The van der Waals surface area contributed by atoms with Gasteiger partial charge in [-0.2, -0.15) is 0 Å². The molecule has 0 aliphatic carbocycles. The van der Waals surface area contributed by atoms with Gasteiger partial charge in [0, 0.05) is 13.6 Å². The number of likely N-dealkylation sites (N-methyl/N-ethyl adjacent to an activating group) is 1. The van der Waals surface area contributed by atoms with E-state index >= 15 is 0 Å². The summed E-state index contributed by atoms with van der Waals surface area (Å²) >= 11 is 0. The number of benzene rings is 1. The maximum atomic E-state index is 11.8. The molecule has 17 heavy (non-hydrogen) atoms. The zero-order valence-electron chi connectivity index (χ0n) is 9.52. The van der Waals surface area contributed by atoms with Gasteiger partial charge in [-0.05, 0) is 16.0 Å². The second kappa shape index (κ2) is 5.20. The number of rotatable bonds is 4. The highest BCUT2D eigenvalue weighted by molar-refractivity contribution is 5.75. The van der Waals surface area contributed by atoms with Gasteiger partial charge in [-0.15, -0.1) is 5.10 Å². The first-order chi connectivity index (χ1) is 8.25. The minimum absolute atomic E-state index is 0.0267. The Labute approximate surface area is 98.9 Å². The Morgan fingerprint density at radius 3 is 2.76 bits per heavy atom. The molecule has 1 amide bonds. The Morgan fingerprint density at radius 2 is 2.12 bits per heavy atom. The third-order valence-corrected chi connectivity index (χ3v) is 2.38. The highest BCUT2D eigenvalue weighted by Gasteiger charge is 2.10. The first kappa shape index (κ1) is 11.3. The molecule has 1 heterocycles. The summed E-state index contributed by atoms with van der Waals surface area (Å²) in [5, 5.41) is 10.6. The van der Waals surface area contributed by atoms with Gasteiger partial charge in [-0.3, -0.25) is 4.79 Å². The monoisotopic (exact) mass is 231 g/mol. The van der Waals surface area contributed by atoms with Crippen molar-refractivity contribution in [3.8, 4) is 0 Å². The molecular weight excluding hydrogens is 218 g/mol. The van der Waals surface area contributed by atoms with Crippen molar-refractivity contribution in [2.45, 2.75) is 13.1 Å². The van der Waals surface area contributed by atoms with Crippen LogP contribution in [0.1, 0.15) is 5.56 Å². The molecule has 1 aromatic heterocycles. The van der Waals surface area contributed by atoms with Crippen LogP contribution in [0.25, 0.3) is 0 Å². The van der Waals surface area contributed by atoms with Gasteiger partial charge in [0.25, 0.3) is 0 Å². The standard InChI is InChI=1S/C11H13N5O/c1-15(7-10-5-3-2-4-6-10)11(17)8-16-9-12-13-14-16/h2-6,9H,7-8H2,1H3. The van der Waals surface area contributed by atoms with Crippen molar-refractivity contribution < 1.29 is 4.79 Å². The van der Waals surface area contributed by atoms with E-state index in [1.165, 1.54) is 11.0 Å². The Morgan fingerprint density at radius 1 is 1.35 bits per heavy atom. The lowest BCUT2D eigenvalue weighted by Gasteiger charge is -2.16. The Bertz CT molecular complexity index is 468. The molecule has 0 bridgehead atoms. The van der Waals surface area contributed by atoms with Crippen LogP contribution in [0.3, 0.4) is 0 Å². The number of hydrogen-bond acceptors (Lipinski definition) is 4. The van der Waals surface area contributed by atoms with Crippen molar-refractivity contribution in [1.29, 1.82) is 0 Å². The third-order valence-electron chi connectivity index (χ3n) is 2.38. The fourth-order valence-corrected chi connectivity index (χ4v) is 1.46. The fraction of sp³-hybridized carbons (Fsp3) is 0.273. The van der Waals surface area contributed by atoms with Gasteiger partial charge >= 0.3 is 0 Å². The van der Waals surface area contributed by atoms with Gasteiger partial charge in [0.2, 0.25) is 5.91 Å². The zero-order chi connectivity index (χ0) is 12.1. The van der Waals surface area contributed by atoms with Gasteiger partial charge in [-0.25, -0.2) is 4.68 Å². The van der Waals surface area contributed by atoms with E-state index in [9.17, 15) is 4.79 Å². The first-order valence-electron chi connectivity index (χ1n) is 5.24. The molecule has 0 aliphatic heterocycles. The normalized spacial score (nSPS) is 10.2. The average Bonchev–Trinajstić information content (AvgIpc) is 2.83. The maximum Gasteiger partial charge on any atom is 0.244 e. The second-order valence-corrected chi connectivity index (χ2v) is 3.74. The van der Waals surface area contributed by atoms with Crippen LogP contribution in [0.15, 0.2) is 36.7 Å². The molecule has 0 saturated carbocycles. The Hall–Kier alpha value is -2.24. The number of hydrogen-bond donors (Lipinski definition) is 0. The minimum atomic E-state index is -0.0267. The molecule has 0 unspecified atom stereocenters. The summed E-state index contributed by atoms with van der Waals surface area (Å²) in [4.78, 5) is 13.5. The molecule has 0 spiro atoms. The van der Waals surface area contributed by atoms with Crippen molar-refractivity contribution >= 4 is 5.91 Å². The van der Waals surface area contributed by atoms with Crippen molar-refractivity contribution in [2.24, 2.45) is 0 Å². The van der Waals surface area contributed by atoms with Gasteiger partial charge in [0.15, 0.2) is 0 Å². The van der Waals surface area contributed by atoms with Crippen LogP contribution in [-0.2, 0) is 17.9 Å². The molecule has 0 aliphatic rings. The van der Waals surface area contributed by atoms with E-state index in [2.05, 4.69) is 15.5 Å². The summed E-state index contributed by atoms with van der Waals surface area (Å²) < 4.78 is 1.41. The van der Waals surface area contributed by atoms with E-state index in [-0.39, 0.29) is 12.5 Å². The predicted molar refractivity (Wildman–Crippen MR) is 60.7 cm³/mol. The van der Waals surface area contributed by atoms with Crippen LogP contribution in [0.4, 0.5) is 0 Å². The van der Waals surface area contributed by atoms with Crippen LogP contribution >= 0.6 is 0 Å². The van der Waals surface area contributed by atoms with Crippen molar-refractivity contribution in [3.63, 3.8) is 0 Å². The third kappa shape index (κ3) is 3.10. The molecule has 0 N–H and O–H groups in total. The lowest BCUT2D eigenvalue weighted by molar-refractivity contribution is -0.131. The van der Waals surface area contributed by atoms with Crippen molar-refractivity contribution in [3.05, 3.63) is 42.2 Å². The SMILES string of the molecule is CN(Cc1ccccc1)C(=O)Cn1cnnn1. The number of carbonyl (C=O) groups is 1. The van der Waals surface area contributed by atoms with Crippen LogP contribution in [-0.4, -0.2) is 38.1 Å². The van der Waals surface area contributed by atoms with Crippen molar-refractivity contribution in [2.75, 3.05) is 7.05 Å².